The smallest absolute Gasteiger partial charge is 0.344 e. The molecule has 33 heavy (non-hydrogen) atoms. The number of ether oxygens (including phenoxy) is 1. The van der Waals surface area contributed by atoms with Gasteiger partial charge in [-0.3, -0.25) is 0 Å². The van der Waals surface area contributed by atoms with E-state index in [1.54, 1.807) is 16.8 Å². The predicted molar refractivity (Wildman–Crippen MR) is 134 cm³/mol. The van der Waals surface area contributed by atoms with Gasteiger partial charge in [-0.2, -0.15) is 5.10 Å². The molecule has 0 aliphatic carbocycles. The number of hydrogen-bond acceptors (Lipinski definition) is 4. The lowest BCUT2D eigenvalue weighted by molar-refractivity contribution is 0.0704. The fourth-order valence-corrected chi connectivity index (χ4v) is 4.39. The lowest BCUT2D eigenvalue weighted by Gasteiger charge is -2.22. The molecule has 0 aliphatic heterocycles. The summed E-state index contributed by atoms with van der Waals surface area (Å²) in [6, 6.07) is 25.1. The van der Waals surface area contributed by atoms with E-state index in [0.29, 0.717) is 16.5 Å². The number of halogens is 1. The standard InChI is InChI=1S/C27H25ClN2O2S/c1-18-24(33-23-16-14-22(28)15-17-23)25(30(29-18)27(2,3)4)32-26(31)21-12-10-20(11-13-21)19-8-6-5-7-9-19/h5-17H,1-4H3. The summed E-state index contributed by atoms with van der Waals surface area (Å²) in [6.45, 7) is 8.01. The molecule has 0 radical (unpaired) electrons. The van der Waals surface area contributed by atoms with Crippen LogP contribution in [0.15, 0.2) is 88.7 Å². The maximum atomic E-state index is 13.1. The normalized spacial score (nSPS) is 11.4. The molecule has 1 heterocycles. The number of nitrogens with zero attached hydrogens (tertiary/aromatic N) is 2. The highest BCUT2D eigenvalue weighted by atomic mass is 35.5. The van der Waals surface area contributed by atoms with Gasteiger partial charge in [0.25, 0.3) is 0 Å². The van der Waals surface area contributed by atoms with Crippen LogP contribution in [-0.4, -0.2) is 15.7 Å². The zero-order valence-corrected chi connectivity index (χ0v) is 20.6. The molecule has 4 aromatic rings. The zero-order chi connectivity index (χ0) is 23.6. The molecule has 0 fully saturated rings. The van der Waals surface area contributed by atoms with Crippen LogP contribution >= 0.6 is 23.4 Å². The number of benzene rings is 3. The van der Waals surface area contributed by atoms with Crippen molar-refractivity contribution >= 4 is 29.3 Å². The van der Waals surface area contributed by atoms with Crippen molar-refractivity contribution in [3.63, 3.8) is 0 Å². The third-order valence-electron chi connectivity index (χ3n) is 5.05. The van der Waals surface area contributed by atoms with Crippen LogP contribution in [-0.2, 0) is 5.54 Å². The van der Waals surface area contributed by atoms with Gasteiger partial charge in [-0.15, -0.1) is 0 Å². The first-order chi connectivity index (χ1) is 15.7. The van der Waals surface area contributed by atoms with Gasteiger partial charge in [0, 0.05) is 9.92 Å². The quantitative estimate of drug-likeness (QED) is 0.277. The first-order valence-electron chi connectivity index (χ1n) is 10.6. The third kappa shape index (κ3) is 5.32. The van der Waals surface area contributed by atoms with Gasteiger partial charge in [0.1, 0.15) is 0 Å². The van der Waals surface area contributed by atoms with Gasteiger partial charge in [0.05, 0.1) is 21.7 Å². The summed E-state index contributed by atoms with van der Waals surface area (Å²) < 4.78 is 7.74. The Kier molecular flexibility index (Phi) is 6.63. The van der Waals surface area contributed by atoms with Gasteiger partial charge in [-0.05, 0) is 75.2 Å². The number of aryl methyl sites for hydroxylation is 1. The van der Waals surface area contributed by atoms with Gasteiger partial charge >= 0.3 is 5.97 Å². The van der Waals surface area contributed by atoms with Gasteiger partial charge in [-0.1, -0.05) is 65.8 Å². The Morgan fingerprint density at radius 1 is 0.909 bits per heavy atom. The Balaban J connectivity index is 1.64. The van der Waals surface area contributed by atoms with Gasteiger partial charge < -0.3 is 4.74 Å². The Morgan fingerprint density at radius 2 is 1.52 bits per heavy atom. The van der Waals surface area contributed by atoms with Crippen LogP contribution in [0.25, 0.3) is 11.1 Å². The molecule has 168 valence electrons. The third-order valence-corrected chi connectivity index (χ3v) is 6.49. The second-order valence-electron chi connectivity index (χ2n) is 8.69. The van der Waals surface area contributed by atoms with Crippen LogP contribution in [0, 0.1) is 6.92 Å². The maximum Gasteiger partial charge on any atom is 0.344 e. The topological polar surface area (TPSA) is 44.1 Å². The molecule has 0 atom stereocenters. The van der Waals surface area contributed by atoms with Crippen LogP contribution in [0.2, 0.25) is 5.02 Å². The monoisotopic (exact) mass is 476 g/mol. The second-order valence-corrected chi connectivity index (χ2v) is 10.2. The zero-order valence-electron chi connectivity index (χ0n) is 19.0. The van der Waals surface area contributed by atoms with E-state index in [1.807, 2.05) is 94.4 Å². The number of rotatable bonds is 5. The van der Waals surface area contributed by atoms with E-state index in [4.69, 9.17) is 16.3 Å². The summed E-state index contributed by atoms with van der Waals surface area (Å²) in [5.74, 6) is 0.0232. The Hall–Kier alpha value is -3.02. The molecule has 0 spiro atoms. The van der Waals surface area contributed by atoms with E-state index in [9.17, 15) is 4.79 Å². The Labute approximate surface area is 203 Å². The number of carbonyl (C=O) groups is 1. The van der Waals surface area contributed by atoms with E-state index in [1.165, 1.54) is 11.8 Å². The molecule has 6 heteroatoms. The predicted octanol–water partition coefficient (Wildman–Crippen LogP) is 7.64. The van der Waals surface area contributed by atoms with Crippen LogP contribution in [0.3, 0.4) is 0 Å². The first-order valence-corrected chi connectivity index (χ1v) is 11.8. The van der Waals surface area contributed by atoms with Crippen molar-refractivity contribution in [2.45, 2.75) is 43.0 Å². The minimum Gasteiger partial charge on any atom is -0.403 e. The van der Waals surface area contributed by atoms with E-state index < -0.39 is 5.97 Å². The minimum atomic E-state index is -0.419. The summed E-state index contributed by atoms with van der Waals surface area (Å²) in [4.78, 5) is 14.9. The molecule has 0 aliphatic rings. The van der Waals surface area contributed by atoms with E-state index in [-0.39, 0.29) is 5.54 Å². The average Bonchev–Trinajstić information content (AvgIpc) is 3.11. The van der Waals surface area contributed by atoms with Crippen molar-refractivity contribution in [1.29, 1.82) is 0 Å². The molecule has 3 aromatic carbocycles. The Morgan fingerprint density at radius 3 is 2.12 bits per heavy atom. The number of carbonyl (C=O) groups excluding carboxylic acids is 1. The summed E-state index contributed by atoms with van der Waals surface area (Å²) in [6.07, 6.45) is 0. The number of hydrogen-bond donors (Lipinski definition) is 0. The summed E-state index contributed by atoms with van der Waals surface area (Å²) in [7, 11) is 0. The van der Waals surface area contributed by atoms with Crippen molar-refractivity contribution in [1.82, 2.24) is 9.78 Å². The van der Waals surface area contributed by atoms with E-state index >= 15 is 0 Å². The fraction of sp³-hybridized carbons (Fsp3) is 0.185. The average molecular weight is 477 g/mol. The van der Waals surface area contributed by atoms with Crippen LogP contribution in [0.1, 0.15) is 36.8 Å². The molecule has 0 saturated carbocycles. The largest absolute Gasteiger partial charge is 0.403 e. The van der Waals surface area contributed by atoms with E-state index in [2.05, 4.69) is 5.10 Å². The van der Waals surface area contributed by atoms with Crippen LogP contribution in [0.4, 0.5) is 0 Å². The number of esters is 1. The van der Waals surface area contributed by atoms with Crippen molar-refractivity contribution in [3.05, 3.63) is 95.1 Å². The summed E-state index contributed by atoms with van der Waals surface area (Å²) in [5.41, 5.74) is 3.06. The molecule has 4 nitrogen and oxygen atoms in total. The molecule has 0 N–H and O–H groups in total. The van der Waals surface area contributed by atoms with Crippen molar-refractivity contribution in [2.24, 2.45) is 0 Å². The molecule has 0 unspecified atom stereocenters. The lowest BCUT2D eigenvalue weighted by Crippen LogP contribution is -2.25. The van der Waals surface area contributed by atoms with E-state index in [0.717, 1.165) is 26.6 Å². The molecule has 0 saturated heterocycles. The lowest BCUT2D eigenvalue weighted by atomic mass is 10.0. The second kappa shape index (κ2) is 9.46. The van der Waals surface area contributed by atoms with Gasteiger partial charge in [0.2, 0.25) is 5.88 Å². The van der Waals surface area contributed by atoms with Gasteiger partial charge in [0.15, 0.2) is 0 Å². The maximum absolute atomic E-state index is 13.1. The van der Waals surface area contributed by atoms with Crippen molar-refractivity contribution in [3.8, 4) is 17.0 Å². The first kappa shape index (κ1) is 23.1. The number of aromatic nitrogens is 2. The minimum absolute atomic E-state index is 0.365. The molecular formula is C27H25ClN2O2S. The molecule has 4 rings (SSSR count). The van der Waals surface area contributed by atoms with Crippen LogP contribution < -0.4 is 4.74 Å². The van der Waals surface area contributed by atoms with Crippen LogP contribution in [0.5, 0.6) is 5.88 Å². The SMILES string of the molecule is Cc1nn(C(C)(C)C)c(OC(=O)c2ccc(-c3ccccc3)cc2)c1Sc1ccc(Cl)cc1. The fourth-order valence-electron chi connectivity index (χ4n) is 3.35. The highest BCUT2D eigenvalue weighted by Gasteiger charge is 2.27. The summed E-state index contributed by atoms with van der Waals surface area (Å²) >= 11 is 7.54. The van der Waals surface area contributed by atoms with Gasteiger partial charge in [-0.25, -0.2) is 9.48 Å². The highest BCUT2D eigenvalue weighted by Crippen LogP contribution is 2.40. The molecular weight excluding hydrogens is 452 g/mol. The van der Waals surface area contributed by atoms with Crippen molar-refractivity contribution < 1.29 is 9.53 Å². The molecule has 1 aromatic heterocycles. The highest BCUT2D eigenvalue weighted by molar-refractivity contribution is 7.99. The summed E-state index contributed by atoms with van der Waals surface area (Å²) in [5, 5.41) is 5.36. The molecule has 0 amide bonds. The Bertz CT molecular complexity index is 1260. The molecule has 0 bridgehead atoms. The van der Waals surface area contributed by atoms with Crippen molar-refractivity contribution in [2.75, 3.05) is 0 Å².